The molecule has 0 fully saturated rings. The summed E-state index contributed by atoms with van der Waals surface area (Å²) in [5.41, 5.74) is 3.61. The van der Waals surface area contributed by atoms with E-state index in [0.29, 0.717) is 11.5 Å². The normalized spacial score (nSPS) is 11.8. The molecule has 0 aliphatic rings. The van der Waals surface area contributed by atoms with E-state index < -0.39 is 10.0 Å². The average molecular weight is 294 g/mol. The van der Waals surface area contributed by atoms with Gasteiger partial charge in [-0.2, -0.15) is 0 Å². The standard InChI is InChI=1S/C14H18N2O3S/c1-9-5-6-13(7-10(9)2)8-15-20(17,18)14-11(3)16-19-12(14)4/h5-7,15H,8H2,1-4H3. The van der Waals surface area contributed by atoms with E-state index in [1.165, 1.54) is 5.56 Å². The first-order valence-electron chi connectivity index (χ1n) is 6.30. The number of nitrogens with zero attached hydrogens (tertiary/aromatic N) is 1. The number of hydrogen-bond donors (Lipinski definition) is 1. The summed E-state index contributed by atoms with van der Waals surface area (Å²) in [4.78, 5) is 0.126. The lowest BCUT2D eigenvalue weighted by molar-refractivity contribution is 0.390. The van der Waals surface area contributed by atoms with Crippen LogP contribution < -0.4 is 4.72 Å². The van der Waals surface area contributed by atoms with Crippen molar-refractivity contribution in [3.8, 4) is 0 Å². The Morgan fingerprint density at radius 2 is 1.85 bits per heavy atom. The van der Waals surface area contributed by atoms with Crippen LogP contribution >= 0.6 is 0 Å². The van der Waals surface area contributed by atoms with E-state index >= 15 is 0 Å². The van der Waals surface area contributed by atoms with E-state index in [9.17, 15) is 8.42 Å². The van der Waals surface area contributed by atoms with E-state index in [-0.39, 0.29) is 11.4 Å². The van der Waals surface area contributed by atoms with Gasteiger partial charge in [-0.25, -0.2) is 13.1 Å². The molecule has 2 rings (SSSR count). The van der Waals surface area contributed by atoms with Crippen LogP contribution in [0, 0.1) is 27.7 Å². The zero-order chi connectivity index (χ0) is 14.9. The Morgan fingerprint density at radius 1 is 1.15 bits per heavy atom. The molecule has 20 heavy (non-hydrogen) atoms. The smallest absolute Gasteiger partial charge is 0.246 e. The van der Waals surface area contributed by atoms with Crippen LogP contribution in [-0.2, 0) is 16.6 Å². The number of hydrogen-bond acceptors (Lipinski definition) is 4. The number of rotatable bonds is 4. The summed E-state index contributed by atoms with van der Waals surface area (Å²) < 4.78 is 32.0. The molecule has 0 atom stereocenters. The Morgan fingerprint density at radius 3 is 2.40 bits per heavy atom. The van der Waals surface area contributed by atoms with Gasteiger partial charge in [0.05, 0.1) is 0 Å². The van der Waals surface area contributed by atoms with Gasteiger partial charge in [0.25, 0.3) is 0 Å². The molecule has 1 N–H and O–H groups in total. The van der Waals surface area contributed by atoms with E-state index in [1.54, 1.807) is 13.8 Å². The molecule has 0 spiro atoms. The lowest BCUT2D eigenvalue weighted by atomic mass is 10.1. The summed E-state index contributed by atoms with van der Waals surface area (Å²) in [7, 11) is -3.61. The fourth-order valence-electron chi connectivity index (χ4n) is 2.02. The summed E-state index contributed by atoms with van der Waals surface area (Å²) in [6.45, 7) is 7.47. The van der Waals surface area contributed by atoms with Crippen LogP contribution in [0.3, 0.4) is 0 Å². The third-order valence-corrected chi connectivity index (χ3v) is 4.92. The van der Waals surface area contributed by atoms with Gasteiger partial charge < -0.3 is 4.52 Å². The number of aromatic nitrogens is 1. The molecule has 0 amide bonds. The van der Waals surface area contributed by atoms with Gasteiger partial charge in [0, 0.05) is 6.54 Å². The number of aryl methyl sites for hydroxylation is 4. The Hall–Kier alpha value is -1.66. The fourth-order valence-corrected chi connectivity index (χ4v) is 3.37. The molecular weight excluding hydrogens is 276 g/mol. The highest BCUT2D eigenvalue weighted by molar-refractivity contribution is 7.89. The number of benzene rings is 1. The van der Waals surface area contributed by atoms with Crippen molar-refractivity contribution in [3.05, 3.63) is 46.3 Å². The van der Waals surface area contributed by atoms with Gasteiger partial charge in [0.15, 0.2) is 5.76 Å². The molecule has 1 aromatic carbocycles. The van der Waals surface area contributed by atoms with Crippen LogP contribution in [-0.4, -0.2) is 13.6 Å². The average Bonchev–Trinajstić information content (AvgIpc) is 2.71. The first kappa shape index (κ1) is 14.7. The highest BCUT2D eigenvalue weighted by Gasteiger charge is 2.23. The van der Waals surface area contributed by atoms with Crippen LogP contribution in [0.1, 0.15) is 28.1 Å². The summed E-state index contributed by atoms with van der Waals surface area (Å²) in [5, 5.41) is 3.67. The van der Waals surface area contributed by atoms with Crippen LogP contribution in [0.2, 0.25) is 0 Å². The zero-order valence-corrected chi connectivity index (χ0v) is 12.8. The number of sulfonamides is 1. The summed E-state index contributed by atoms with van der Waals surface area (Å²) in [5.74, 6) is 0.301. The number of nitrogens with one attached hydrogen (secondary N) is 1. The Bertz CT molecular complexity index is 713. The molecule has 108 valence electrons. The highest BCUT2D eigenvalue weighted by atomic mass is 32.2. The van der Waals surface area contributed by atoms with Crippen molar-refractivity contribution in [2.75, 3.05) is 0 Å². The molecule has 1 heterocycles. The summed E-state index contributed by atoms with van der Waals surface area (Å²) in [6.07, 6.45) is 0. The first-order chi connectivity index (χ1) is 9.31. The Balaban J connectivity index is 2.19. The van der Waals surface area contributed by atoms with E-state index in [4.69, 9.17) is 4.52 Å². The topological polar surface area (TPSA) is 72.2 Å². The molecule has 0 radical (unpaired) electrons. The minimum absolute atomic E-state index is 0.126. The molecule has 0 unspecified atom stereocenters. The SMILES string of the molecule is Cc1ccc(CNS(=O)(=O)c2c(C)noc2C)cc1C. The maximum absolute atomic E-state index is 12.2. The lowest BCUT2D eigenvalue weighted by Crippen LogP contribution is -2.24. The van der Waals surface area contributed by atoms with E-state index in [1.807, 2.05) is 32.0 Å². The van der Waals surface area contributed by atoms with Crippen molar-refractivity contribution in [3.63, 3.8) is 0 Å². The van der Waals surface area contributed by atoms with Crippen molar-refractivity contribution >= 4 is 10.0 Å². The molecule has 0 aliphatic heterocycles. The molecule has 1 aromatic heterocycles. The zero-order valence-electron chi connectivity index (χ0n) is 12.0. The monoisotopic (exact) mass is 294 g/mol. The maximum Gasteiger partial charge on any atom is 0.246 e. The van der Waals surface area contributed by atoms with Crippen molar-refractivity contribution in [1.82, 2.24) is 9.88 Å². The predicted octanol–water partition coefficient (Wildman–Crippen LogP) is 2.39. The lowest BCUT2D eigenvalue weighted by Gasteiger charge is -2.08. The van der Waals surface area contributed by atoms with Gasteiger partial charge in [0.2, 0.25) is 10.0 Å². The van der Waals surface area contributed by atoms with Gasteiger partial charge in [-0.3, -0.25) is 0 Å². The van der Waals surface area contributed by atoms with Crippen molar-refractivity contribution < 1.29 is 12.9 Å². The van der Waals surface area contributed by atoms with Gasteiger partial charge in [-0.1, -0.05) is 23.4 Å². The van der Waals surface area contributed by atoms with Crippen molar-refractivity contribution in [2.45, 2.75) is 39.1 Å². The van der Waals surface area contributed by atoms with Crippen LogP contribution in [0.5, 0.6) is 0 Å². The molecule has 0 saturated heterocycles. The maximum atomic E-state index is 12.2. The highest BCUT2D eigenvalue weighted by Crippen LogP contribution is 2.19. The van der Waals surface area contributed by atoms with Crippen LogP contribution in [0.25, 0.3) is 0 Å². The van der Waals surface area contributed by atoms with Crippen molar-refractivity contribution in [1.29, 1.82) is 0 Å². The third kappa shape index (κ3) is 2.91. The summed E-state index contributed by atoms with van der Waals surface area (Å²) >= 11 is 0. The quantitative estimate of drug-likeness (QED) is 0.939. The Labute approximate surface area is 119 Å². The molecule has 0 aliphatic carbocycles. The second kappa shape index (κ2) is 5.38. The minimum atomic E-state index is -3.61. The van der Waals surface area contributed by atoms with Gasteiger partial charge in [0.1, 0.15) is 10.6 Å². The molecule has 0 saturated carbocycles. The predicted molar refractivity (Wildman–Crippen MR) is 75.9 cm³/mol. The van der Waals surface area contributed by atoms with Crippen molar-refractivity contribution in [2.24, 2.45) is 0 Å². The molecule has 5 nitrogen and oxygen atoms in total. The van der Waals surface area contributed by atoms with Crippen LogP contribution in [0.15, 0.2) is 27.6 Å². The minimum Gasteiger partial charge on any atom is -0.360 e. The summed E-state index contributed by atoms with van der Waals surface area (Å²) in [6, 6.07) is 5.87. The van der Waals surface area contributed by atoms with Gasteiger partial charge in [-0.05, 0) is 44.4 Å². The first-order valence-corrected chi connectivity index (χ1v) is 7.78. The molecule has 6 heteroatoms. The largest absolute Gasteiger partial charge is 0.360 e. The fraction of sp³-hybridized carbons (Fsp3) is 0.357. The van der Waals surface area contributed by atoms with Crippen LogP contribution in [0.4, 0.5) is 0 Å². The molecule has 2 aromatic rings. The Kier molecular flexibility index (Phi) is 3.96. The molecule has 0 bridgehead atoms. The second-order valence-electron chi connectivity index (χ2n) is 4.90. The van der Waals surface area contributed by atoms with Gasteiger partial charge >= 0.3 is 0 Å². The van der Waals surface area contributed by atoms with E-state index in [2.05, 4.69) is 9.88 Å². The van der Waals surface area contributed by atoms with Gasteiger partial charge in [-0.15, -0.1) is 0 Å². The van der Waals surface area contributed by atoms with E-state index in [0.717, 1.165) is 11.1 Å². The molecular formula is C14H18N2O3S. The second-order valence-corrected chi connectivity index (χ2v) is 6.60. The third-order valence-electron chi connectivity index (χ3n) is 3.27.